The fourth-order valence-corrected chi connectivity index (χ4v) is 0.0289. The molecule has 1 atom stereocenters. The average molecular weight is 108 g/mol. The zero-order chi connectivity index (χ0) is 5.91. The van der Waals surface area contributed by atoms with Crippen LogP contribution in [0.1, 0.15) is 6.92 Å². The molecule has 0 aromatic heterocycles. The minimum Gasteiger partial charge on any atom is -0.391 e. The smallest absolute Gasteiger partial charge is 0.219 e. The maximum absolute atomic E-state index is 8.41. The van der Waals surface area contributed by atoms with Gasteiger partial charge in [0.15, 0.2) is 0 Å². The monoisotopic (exact) mass is 108 g/mol. The molecule has 4 heteroatoms. The SMILES string of the molecule is CC(O)(CO)OO. The van der Waals surface area contributed by atoms with Crippen LogP contribution in [-0.4, -0.2) is 27.9 Å². The zero-order valence-electron chi connectivity index (χ0n) is 3.96. The van der Waals surface area contributed by atoms with Crippen molar-refractivity contribution in [1.82, 2.24) is 0 Å². The fourth-order valence-electron chi connectivity index (χ4n) is 0.0289. The Morgan fingerprint density at radius 2 is 2.14 bits per heavy atom. The minimum absolute atomic E-state index is 0.622. The van der Waals surface area contributed by atoms with Gasteiger partial charge in [-0.1, -0.05) is 0 Å². The second-order valence-corrected chi connectivity index (χ2v) is 1.42. The molecule has 0 saturated carbocycles. The first-order valence-corrected chi connectivity index (χ1v) is 1.78. The predicted octanol–water partition coefficient (Wildman–Crippen LogP) is -0.823. The number of rotatable bonds is 2. The summed E-state index contributed by atoms with van der Waals surface area (Å²) < 4.78 is 0. The first-order valence-electron chi connectivity index (χ1n) is 1.78. The summed E-state index contributed by atoms with van der Waals surface area (Å²) >= 11 is 0. The maximum Gasteiger partial charge on any atom is 0.219 e. The highest BCUT2D eigenvalue weighted by molar-refractivity contribution is 4.50. The summed E-state index contributed by atoms with van der Waals surface area (Å²) in [6, 6.07) is 0. The number of hydrogen-bond acceptors (Lipinski definition) is 4. The molecule has 0 aliphatic rings. The van der Waals surface area contributed by atoms with Gasteiger partial charge in [-0.25, -0.2) is 10.1 Å². The van der Waals surface area contributed by atoms with Gasteiger partial charge in [-0.05, 0) is 6.92 Å². The van der Waals surface area contributed by atoms with E-state index in [1.807, 2.05) is 0 Å². The lowest BCUT2D eigenvalue weighted by atomic mass is 10.4. The van der Waals surface area contributed by atoms with Crippen molar-refractivity contribution in [3.05, 3.63) is 0 Å². The molecule has 1 unspecified atom stereocenters. The van der Waals surface area contributed by atoms with Crippen molar-refractivity contribution >= 4 is 0 Å². The summed E-state index contributed by atoms with van der Waals surface area (Å²) in [5.41, 5.74) is 0. The van der Waals surface area contributed by atoms with Gasteiger partial charge in [0, 0.05) is 0 Å². The maximum atomic E-state index is 8.41. The number of hydrogen-bond donors (Lipinski definition) is 3. The van der Waals surface area contributed by atoms with E-state index in [1.165, 1.54) is 0 Å². The van der Waals surface area contributed by atoms with E-state index in [1.54, 1.807) is 0 Å². The summed E-state index contributed by atoms with van der Waals surface area (Å²) in [7, 11) is 0. The molecule has 0 radical (unpaired) electrons. The van der Waals surface area contributed by atoms with Crippen LogP contribution in [0.25, 0.3) is 0 Å². The molecular weight excluding hydrogens is 100 g/mol. The Morgan fingerprint density at radius 1 is 1.71 bits per heavy atom. The molecule has 0 aliphatic heterocycles. The molecule has 0 saturated heterocycles. The van der Waals surface area contributed by atoms with Crippen molar-refractivity contribution in [3.8, 4) is 0 Å². The van der Waals surface area contributed by atoms with Crippen molar-refractivity contribution < 1.29 is 20.4 Å². The molecule has 0 aliphatic carbocycles. The molecule has 0 amide bonds. The summed E-state index contributed by atoms with van der Waals surface area (Å²) in [5.74, 6) is -1.81. The Morgan fingerprint density at radius 3 is 2.14 bits per heavy atom. The van der Waals surface area contributed by atoms with Crippen LogP contribution in [0.15, 0.2) is 0 Å². The van der Waals surface area contributed by atoms with Crippen molar-refractivity contribution in [3.63, 3.8) is 0 Å². The Bertz CT molecular complexity index is 44.9. The van der Waals surface area contributed by atoms with Crippen LogP contribution >= 0.6 is 0 Å². The Hall–Kier alpha value is -0.160. The lowest BCUT2D eigenvalue weighted by molar-refractivity contribution is -0.392. The van der Waals surface area contributed by atoms with Crippen molar-refractivity contribution in [2.75, 3.05) is 6.61 Å². The highest BCUT2D eigenvalue weighted by Crippen LogP contribution is 1.98. The first-order chi connectivity index (χ1) is 3.12. The molecule has 4 nitrogen and oxygen atoms in total. The molecule has 0 bridgehead atoms. The lowest BCUT2D eigenvalue weighted by Gasteiger charge is -2.13. The molecule has 0 fully saturated rings. The van der Waals surface area contributed by atoms with Gasteiger partial charge in [-0.2, -0.15) is 0 Å². The molecule has 7 heavy (non-hydrogen) atoms. The van der Waals surface area contributed by atoms with E-state index in [4.69, 9.17) is 15.5 Å². The Kier molecular flexibility index (Phi) is 2.17. The molecule has 0 rings (SSSR count). The van der Waals surface area contributed by atoms with Crippen LogP contribution in [-0.2, 0) is 4.89 Å². The van der Waals surface area contributed by atoms with Crippen molar-refractivity contribution in [2.45, 2.75) is 12.7 Å². The standard InChI is InChI=1S/C3H8O4/c1-3(5,2-4)7-6/h4-6H,2H2,1H3. The molecule has 3 N–H and O–H groups in total. The van der Waals surface area contributed by atoms with E-state index in [2.05, 4.69) is 4.89 Å². The first kappa shape index (κ1) is 6.84. The van der Waals surface area contributed by atoms with E-state index in [9.17, 15) is 0 Å². The van der Waals surface area contributed by atoms with Crippen molar-refractivity contribution in [2.24, 2.45) is 0 Å². The number of aliphatic hydroxyl groups excluding tert-OH is 1. The highest BCUT2D eigenvalue weighted by atomic mass is 17.1. The Balaban J connectivity index is 3.36. The van der Waals surface area contributed by atoms with Crippen LogP contribution in [0.3, 0.4) is 0 Å². The van der Waals surface area contributed by atoms with E-state index < -0.39 is 12.4 Å². The van der Waals surface area contributed by atoms with Crippen LogP contribution in [0.5, 0.6) is 0 Å². The lowest BCUT2D eigenvalue weighted by Crippen LogP contribution is -2.30. The van der Waals surface area contributed by atoms with Gasteiger partial charge in [0.25, 0.3) is 0 Å². The summed E-state index contributed by atoms with van der Waals surface area (Å²) in [5, 5.41) is 24.2. The topological polar surface area (TPSA) is 69.9 Å². The minimum atomic E-state index is -1.81. The molecule has 0 aromatic carbocycles. The van der Waals surface area contributed by atoms with E-state index in [0.29, 0.717) is 0 Å². The Labute approximate surface area is 40.9 Å². The van der Waals surface area contributed by atoms with E-state index in [0.717, 1.165) is 6.92 Å². The van der Waals surface area contributed by atoms with Crippen LogP contribution in [0.4, 0.5) is 0 Å². The third kappa shape index (κ3) is 2.52. The summed E-state index contributed by atoms with van der Waals surface area (Å²) in [6.07, 6.45) is 0. The third-order valence-corrected chi connectivity index (χ3v) is 0.490. The van der Waals surface area contributed by atoms with Gasteiger partial charge in [0.05, 0.1) is 6.61 Å². The van der Waals surface area contributed by atoms with Crippen LogP contribution in [0, 0.1) is 0 Å². The molecular formula is C3H8O4. The average Bonchev–Trinajstić information content (AvgIpc) is 1.68. The molecule has 44 valence electrons. The summed E-state index contributed by atoms with van der Waals surface area (Å²) in [6.45, 7) is 0.510. The van der Waals surface area contributed by atoms with Gasteiger partial charge in [-0.3, -0.25) is 0 Å². The normalized spacial score (nSPS) is 18.9. The number of aliphatic hydroxyl groups is 2. The molecule has 0 spiro atoms. The van der Waals surface area contributed by atoms with Gasteiger partial charge in [0.1, 0.15) is 0 Å². The van der Waals surface area contributed by atoms with E-state index >= 15 is 0 Å². The van der Waals surface area contributed by atoms with Gasteiger partial charge in [-0.15, -0.1) is 0 Å². The largest absolute Gasteiger partial charge is 0.391 e. The van der Waals surface area contributed by atoms with Gasteiger partial charge in [0.2, 0.25) is 5.79 Å². The van der Waals surface area contributed by atoms with E-state index in [-0.39, 0.29) is 0 Å². The predicted molar refractivity (Wildman–Crippen MR) is 21.4 cm³/mol. The molecule has 0 aromatic rings. The van der Waals surface area contributed by atoms with Gasteiger partial charge >= 0.3 is 0 Å². The quantitative estimate of drug-likeness (QED) is 0.245. The van der Waals surface area contributed by atoms with Crippen LogP contribution < -0.4 is 0 Å². The second-order valence-electron chi connectivity index (χ2n) is 1.42. The zero-order valence-corrected chi connectivity index (χ0v) is 3.96. The highest BCUT2D eigenvalue weighted by Gasteiger charge is 2.18. The summed E-state index contributed by atoms with van der Waals surface area (Å²) in [4.78, 5) is 3.39. The fraction of sp³-hybridized carbons (Fsp3) is 1.00. The second kappa shape index (κ2) is 2.23. The van der Waals surface area contributed by atoms with Gasteiger partial charge < -0.3 is 10.2 Å². The third-order valence-electron chi connectivity index (χ3n) is 0.490. The van der Waals surface area contributed by atoms with Crippen LogP contribution in [0.2, 0.25) is 0 Å². The van der Waals surface area contributed by atoms with Crippen molar-refractivity contribution in [1.29, 1.82) is 0 Å². The molecule has 0 heterocycles.